The van der Waals surface area contributed by atoms with E-state index in [-0.39, 0.29) is 11.4 Å². The Balaban J connectivity index is 1.63. The number of halogens is 2. The topological polar surface area (TPSA) is 46.2 Å². The van der Waals surface area contributed by atoms with E-state index in [0.29, 0.717) is 18.4 Å². The zero-order valence-electron chi connectivity index (χ0n) is 13.4. The standard InChI is InChI=1S/C19H17F2NO2S/c20-17-9-7-15(19(21)13-17)6-3-11-22-25(23,24)18-10-8-14-4-1-2-5-16(14)12-18/h1-2,4-5,7-10,12-13,22H,3,6,11H2. The van der Waals surface area contributed by atoms with Gasteiger partial charge < -0.3 is 0 Å². The molecule has 3 aromatic carbocycles. The lowest BCUT2D eigenvalue weighted by molar-refractivity contribution is 0.565. The summed E-state index contributed by atoms with van der Waals surface area (Å²) in [6.07, 6.45) is 0.738. The fraction of sp³-hybridized carbons (Fsp3) is 0.158. The van der Waals surface area contributed by atoms with E-state index < -0.39 is 21.7 Å². The quantitative estimate of drug-likeness (QED) is 0.674. The van der Waals surface area contributed by atoms with Crippen LogP contribution in [0.15, 0.2) is 65.6 Å². The first-order valence-electron chi connectivity index (χ1n) is 7.88. The van der Waals surface area contributed by atoms with Gasteiger partial charge in [0.2, 0.25) is 10.0 Å². The van der Waals surface area contributed by atoms with E-state index in [1.54, 1.807) is 18.2 Å². The molecular weight excluding hydrogens is 344 g/mol. The lowest BCUT2D eigenvalue weighted by Crippen LogP contribution is -2.25. The molecule has 0 saturated heterocycles. The molecule has 25 heavy (non-hydrogen) atoms. The number of benzene rings is 3. The Morgan fingerprint density at radius 1 is 0.880 bits per heavy atom. The lowest BCUT2D eigenvalue weighted by Gasteiger charge is -2.08. The molecule has 0 unspecified atom stereocenters. The van der Waals surface area contributed by atoms with Crippen LogP contribution < -0.4 is 4.72 Å². The molecule has 6 heteroatoms. The first-order valence-corrected chi connectivity index (χ1v) is 9.36. The van der Waals surface area contributed by atoms with Crippen molar-refractivity contribution in [2.45, 2.75) is 17.7 Å². The van der Waals surface area contributed by atoms with E-state index >= 15 is 0 Å². The van der Waals surface area contributed by atoms with Crippen LogP contribution in [0, 0.1) is 11.6 Å². The second-order valence-corrected chi connectivity index (χ2v) is 7.51. The van der Waals surface area contributed by atoms with Gasteiger partial charge in [0.25, 0.3) is 0 Å². The third-order valence-corrected chi connectivity index (χ3v) is 5.42. The van der Waals surface area contributed by atoms with Crippen LogP contribution in [0.4, 0.5) is 8.78 Å². The summed E-state index contributed by atoms with van der Waals surface area (Å²) in [5, 5.41) is 1.81. The number of hydrogen-bond acceptors (Lipinski definition) is 2. The normalized spacial score (nSPS) is 11.8. The van der Waals surface area contributed by atoms with E-state index in [9.17, 15) is 17.2 Å². The van der Waals surface area contributed by atoms with Crippen LogP contribution >= 0.6 is 0 Å². The van der Waals surface area contributed by atoms with E-state index in [2.05, 4.69) is 4.72 Å². The fourth-order valence-electron chi connectivity index (χ4n) is 2.63. The van der Waals surface area contributed by atoms with Crippen LogP contribution in [0.5, 0.6) is 0 Å². The Bertz CT molecular complexity index is 1000. The van der Waals surface area contributed by atoms with E-state index in [1.165, 1.54) is 12.1 Å². The van der Waals surface area contributed by atoms with Gasteiger partial charge in [0.05, 0.1) is 4.90 Å². The van der Waals surface area contributed by atoms with Crippen molar-refractivity contribution < 1.29 is 17.2 Å². The molecule has 0 saturated carbocycles. The van der Waals surface area contributed by atoms with Gasteiger partial charge in [-0.15, -0.1) is 0 Å². The molecule has 3 aromatic rings. The SMILES string of the molecule is O=S(=O)(NCCCc1ccc(F)cc1F)c1ccc2ccccc2c1. The van der Waals surface area contributed by atoms with Gasteiger partial charge in [-0.3, -0.25) is 0 Å². The molecule has 0 amide bonds. The molecule has 130 valence electrons. The van der Waals surface area contributed by atoms with Crippen molar-refractivity contribution in [3.05, 3.63) is 77.9 Å². The van der Waals surface area contributed by atoms with Gasteiger partial charge in [0.15, 0.2) is 0 Å². The molecule has 0 aliphatic carbocycles. The smallest absolute Gasteiger partial charge is 0.211 e. The monoisotopic (exact) mass is 361 g/mol. The van der Waals surface area contributed by atoms with Crippen LogP contribution in [-0.2, 0) is 16.4 Å². The van der Waals surface area contributed by atoms with E-state index in [4.69, 9.17) is 0 Å². The number of sulfonamides is 1. The number of nitrogens with one attached hydrogen (secondary N) is 1. The highest BCUT2D eigenvalue weighted by Gasteiger charge is 2.14. The summed E-state index contributed by atoms with van der Waals surface area (Å²) >= 11 is 0. The average molecular weight is 361 g/mol. The second kappa shape index (κ2) is 7.29. The fourth-order valence-corrected chi connectivity index (χ4v) is 3.74. The maximum Gasteiger partial charge on any atom is 0.240 e. The molecule has 1 N–H and O–H groups in total. The highest BCUT2D eigenvalue weighted by atomic mass is 32.2. The van der Waals surface area contributed by atoms with Crippen LogP contribution in [-0.4, -0.2) is 15.0 Å². The van der Waals surface area contributed by atoms with Crippen molar-refractivity contribution >= 4 is 20.8 Å². The minimum absolute atomic E-state index is 0.173. The highest BCUT2D eigenvalue weighted by Crippen LogP contribution is 2.19. The number of hydrogen-bond donors (Lipinski definition) is 1. The zero-order chi connectivity index (χ0) is 17.9. The largest absolute Gasteiger partial charge is 0.240 e. The first kappa shape index (κ1) is 17.5. The second-order valence-electron chi connectivity index (χ2n) is 5.75. The minimum atomic E-state index is -3.63. The van der Waals surface area contributed by atoms with Crippen molar-refractivity contribution in [1.29, 1.82) is 0 Å². The number of fused-ring (bicyclic) bond motifs is 1. The van der Waals surface area contributed by atoms with Gasteiger partial charge in [-0.05, 0) is 47.4 Å². The van der Waals surface area contributed by atoms with Crippen LogP contribution in [0.1, 0.15) is 12.0 Å². The summed E-state index contributed by atoms with van der Waals surface area (Å²) in [5.41, 5.74) is 0.367. The summed E-state index contributed by atoms with van der Waals surface area (Å²) in [7, 11) is -3.63. The van der Waals surface area contributed by atoms with Gasteiger partial charge in [-0.1, -0.05) is 36.4 Å². The predicted octanol–water partition coefficient (Wildman–Crippen LogP) is 4.03. The molecule has 0 aromatic heterocycles. The summed E-state index contributed by atoms with van der Waals surface area (Å²) in [5.74, 6) is -1.24. The maximum absolute atomic E-state index is 13.5. The molecule has 0 radical (unpaired) electrons. The highest BCUT2D eigenvalue weighted by molar-refractivity contribution is 7.89. The summed E-state index contributed by atoms with van der Waals surface area (Å²) in [6, 6.07) is 15.9. The van der Waals surface area contributed by atoms with Gasteiger partial charge in [0, 0.05) is 12.6 Å². The predicted molar refractivity (Wildman–Crippen MR) is 93.8 cm³/mol. The molecule has 0 heterocycles. The van der Waals surface area contributed by atoms with Gasteiger partial charge >= 0.3 is 0 Å². The van der Waals surface area contributed by atoms with Crippen LogP contribution in [0.3, 0.4) is 0 Å². The zero-order valence-corrected chi connectivity index (χ0v) is 14.2. The molecule has 0 aliphatic heterocycles. The molecule has 0 spiro atoms. The van der Waals surface area contributed by atoms with Crippen molar-refractivity contribution in [1.82, 2.24) is 4.72 Å². The molecule has 3 rings (SSSR count). The third kappa shape index (κ3) is 4.21. The number of rotatable bonds is 6. The van der Waals surface area contributed by atoms with Gasteiger partial charge in [-0.25, -0.2) is 21.9 Å². The summed E-state index contributed by atoms with van der Waals surface area (Å²) in [4.78, 5) is 0.194. The summed E-state index contributed by atoms with van der Waals surface area (Å²) in [6.45, 7) is 0.173. The molecule has 0 atom stereocenters. The average Bonchev–Trinajstić information content (AvgIpc) is 2.60. The Morgan fingerprint density at radius 2 is 1.64 bits per heavy atom. The van der Waals surface area contributed by atoms with E-state index in [1.807, 2.05) is 24.3 Å². The summed E-state index contributed by atoms with van der Waals surface area (Å²) < 4.78 is 53.7. The minimum Gasteiger partial charge on any atom is -0.211 e. The van der Waals surface area contributed by atoms with Gasteiger partial charge in [-0.2, -0.15) is 0 Å². The van der Waals surface area contributed by atoms with Crippen molar-refractivity contribution in [2.75, 3.05) is 6.54 Å². The Labute approximate surface area is 145 Å². The van der Waals surface area contributed by atoms with Crippen molar-refractivity contribution in [2.24, 2.45) is 0 Å². The van der Waals surface area contributed by atoms with Gasteiger partial charge in [0.1, 0.15) is 11.6 Å². The Hall–Kier alpha value is -2.31. The maximum atomic E-state index is 13.5. The van der Waals surface area contributed by atoms with Crippen LogP contribution in [0.25, 0.3) is 10.8 Å². The van der Waals surface area contributed by atoms with E-state index in [0.717, 1.165) is 16.8 Å². The van der Waals surface area contributed by atoms with Crippen molar-refractivity contribution in [3.63, 3.8) is 0 Å². The molecule has 0 aliphatic rings. The third-order valence-electron chi connectivity index (χ3n) is 3.96. The van der Waals surface area contributed by atoms with Crippen LogP contribution in [0.2, 0.25) is 0 Å². The molecule has 0 bridgehead atoms. The number of aryl methyl sites for hydroxylation is 1. The molecule has 0 fully saturated rings. The first-order chi connectivity index (χ1) is 12.0. The molecule has 3 nitrogen and oxygen atoms in total. The molecular formula is C19H17F2NO2S. The Morgan fingerprint density at radius 3 is 2.40 bits per heavy atom. The van der Waals surface area contributed by atoms with Crippen molar-refractivity contribution in [3.8, 4) is 0 Å². The Kier molecular flexibility index (Phi) is 5.11. The lowest BCUT2D eigenvalue weighted by atomic mass is 10.1.